The van der Waals surface area contributed by atoms with E-state index in [-0.39, 0.29) is 0 Å². The number of pyridine rings is 2. The first-order valence-corrected chi connectivity index (χ1v) is 17.1. The highest BCUT2D eigenvalue weighted by Crippen LogP contribution is 2.43. The standard InChI is InChI=1S/C45H28FN5/c46-43(28-17-19-31-32-12-4-6-14-37(32)49-25-24-48-45(49)36(31)26-28)29-18-20-33-34-21-22-39-42(44(34)51(40(33)27-29)41-16-8-9-23-47-41)35-13-5-7-15-38(35)50(39)30-10-2-1-3-11-30/h1-27,43H. The van der Waals surface area contributed by atoms with Crippen LogP contribution in [0.15, 0.2) is 164 Å². The first kappa shape index (κ1) is 28.1. The minimum absolute atomic E-state index is 0.588. The SMILES string of the molecule is FC(c1ccc2c3ccccc3n3ccnc3c2c1)c1ccc2c3ccc4c(c5ccccc5n4-c4ccccc4)c3n(-c3ccccn3)c2c1. The van der Waals surface area contributed by atoms with Gasteiger partial charge in [-0.05, 0) is 71.1 Å². The number of fused-ring (bicyclic) bond motifs is 13. The summed E-state index contributed by atoms with van der Waals surface area (Å²) in [4.78, 5) is 9.52. The summed E-state index contributed by atoms with van der Waals surface area (Å²) in [6.07, 6.45) is 4.24. The van der Waals surface area contributed by atoms with Gasteiger partial charge in [0.15, 0.2) is 6.17 Å². The van der Waals surface area contributed by atoms with Crippen molar-refractivity contribution < 1.29 is 4.39 Å². The van der Waals surface area contributed by atoms with Gasteiger partial charge in [0.25, 0.3) is 0 Å². The maximum Gasteiger partial charge on any atom is 0.150 e. The second-order valence-corrected chi connectivity index (χ2v) is 13.1. The Morgan fingerprint density at radius 1 is 0.471 bits per heavy atom. The fourth-order valence-electron chi connectivity index (χ4n) is 8.25. The predicted octanol–water partition coefficient (Wildman–Crippen LogP) is 11.3. The van der Waals surface area contributed by atoms with Gasteiger partial charge in [0.1, 0.15) is 11.5 Å². The number of para-hydroxylation sites is 3. The Hall–Kier alpha value is -6.79. The molecule has 11 aromatic rings. The molecule has 0 saturated heterocycles. The molecular formula is C45H28FN5. The highest BCUT2D eigenvalue weighted by atomic mass is 19.1. The number of rotatable bonds is 4. The van der Waals surface area contributed by atoms with Crippen LogP contribution in [0.1, 0.15) is 17.3 Å². The fourth-order valence-corrected chi connectivity index (χ4v) is 8.25. The maximum absolute atomic E-state index is 16.9. The zero-order valence-electron chi connectivity index (χ0n) is 27.3. The largest absolute Gasteiger partial charge is 0.309 e. The van der Waals surface area contributed by atoms with Crippen LogP contribution >= 0.6 is 0 Å². The van der Waals surface area contributed by atoms with Crippen LogP contribution in [0.4, 0.5) is 4.39 Å². The average molecular weight is 658 g/mol. The molecule has 0 N–H and O–H groups in total. The van der Waals surface area contributed by atoms with Crippen molar-refractivity contribution in [2.75, 3.05) is 0 Å². The van der Waals surface area contributed by atoms with E-state index in [1.807, 2.05) is 79.1 Å². The Balaban J connectivity index is 1.17. The van der Waals surface area contributed by atoms with Crippen molar-refractivity contribution in [3.8, 4) is 11.5 Å². The van der Waals surface area contributed by atoms with Crippen molar-refractivity contribution in [3.63, 3.8) is 0 Å². The van der Waals surface area contributed by atoms with Gasteiger partial charge in [0.2, 0.25) is 0 Å². The number of benzene rings is 6. The third-order valence-electron chi connectivity index (χ3n) is 10.4. The van der Waals surface area contributed by atoms with Crippen LogP contribution in [-0.2, 0) is 0 Å². The molecule has 6 heteroatoms. The van der Waals surface area contributed by atoms with E-state index < -0.39 is 6.17 Å². The molecule has 5 aromatic heterocycles. The van der Waals surface area contributed by atoms with E-state index in [2.05, 4.69) is 97.4 Å². The second kappa shape index (κ2) is 10.6. The smallest absolute Gasteiger partial charge is 0.150 e. The van der Waals surface area contributed by atoms with E-state index in [1.165, 1.54) is 0 Å². The molecule has 0 aliphatic heterocycles. The Morgan fingerprint density at radius 3 is 2.02 bits per heavy atom. The monoisotopic (exact) mass is 657 g/mol. The number of nitrogens with zero attached hydrogens (tertiary/aromatic N) is 5. The van der Waals surface area contributed by atoms with Gasteiger partial charge in [-0.15, -0.1) is 0 Å². The minimum Gasteiger partial charge on any atom is -0.309 e. The van der Waals surface area contributed by atoms with Crippen LogP contribution in [-0.4, -0.2) is 23.5 Å². The molecule has 51 heavy (non-hydrogen) atoms. The first-order valence-electron chi connectivity index (χ1n) is 17.1. The molecule has 5 nitrogen and oxygen atoms in total. The van der Waals surface area contributed by atoms with Crippen molar-refractivity contribution in [1.29, 1.82) is 0 Å². The predicted molar refractivity (Wildman–Crippen MR) is 206 cm³/mol. The van der Waals surface area contributed by atoms with Gasteiger partial charge < -0.3 is 4.57 Å². The highest BCUT2D eigenvalue weighted by molar-refractivity contribution is 6.26. The Kier molecular flexibility index (Phi) is 5.84. The summed E-state index contributed by atoms with van der Waals surface area (Å²) in [5, 5.41) is 7.54. The van der Waals surface area contributed by atoms with E-state index in [0.29, 0.717) is 11.1 Å². The summed E-state index contributed by atoms with van der Waals surface area (Å²) in [6.45, 7) is 0. The van der Waals surface area contributed by atoms with Crippen molar-refractivity contribution in [3.05, 3.63) is 175 Å². The summed E-state index contributed by atoms with van der Waals surface area (Å²) in [7, 11) is 0. The van der Waals surface area contributed by atoms with Crippen LogP contribution in [0.3, 0.4) is 0 Å². The normalized spacial score (nSPS) is 12.7. The van der Waals surface area contributed by atoms with Crippen molar-refractivity contribution in [1.82, 2.24) is 23.5 Å². The average Bonchev–Trinajstić information content (AvgIpc) is 3.91. The third kappa shape index (κ3) is 3.96. The van der Waals surface area contributed by atoms with E-state index in [4.69, 9.17) is 4.98 Å². The van der Waals surface area contributed by atoms with Gasteiger partial charge in [-0.3, -0.25) is 8.97 Å². The number of hydrogen-bond donors (Lipinski definition) is 0. The Bertz CT molecular complexity index is 3150. The van der Waals surface area contributed by atoms with Gasteiger partial charge in [-0.2, -0.15) is 0 Å². The van der Waals surface area contributed by atoms with E-state index in [9.17, 15) is 0 Å². The van der Waals surface area contributed by atoms with E-state index >= 15 is 4.39 Å². The maximum atomic E-state index is 16.9. The molecule has 0 aliphatic rings. The van der Waals surface area contributed by atoms with E-state index in [1.54, 1.807) is 6.20 Å². The van der Waals surface area contributed by atoms with E-state index in [0.717, 1.165) is 82.4 Å². The number of alkyl halides is 1. The first-order chi connectivity index (χ1) is 25.2. The fraction of sp³-hybridized carbons (Fsp3) is 0.0222. The van der Waals surface area contributed by atoms with Gasteiger partial charge in [-0.25, -0.2) is 14.4 Å². The number of imidazole rings is 1. The molecule has 6 aromatic carbocycles. The minimum atomic E-state index is -1.35. The number of halogens is 1. The molecule has 0 aliphatic carbocycles. The van der Waals surface area contributed by atoms with Crippen LogP contribution in [0, 0.1) is 0 Å². The molecular weight excluding hydrogens is 630 g/mol. The number of aromatic nitrogens is 5. The van der Waals surface area contributed by atoms with Crippen LogP contribution in [0.25, 0.3) is 82.4 Å². The molecule has 240 valence electrons. The molecule has 1 unspecified atom stereocenters. The van der Waals surface area contributed by atoms with Crippen LogP contribution < -0.4 is 0 Å². The van der Waals surface area contributed by atoms with Gasteiger partial charge in [0.05, 0.1) is 27.6 Å². The summed E-state index contributed by atoms with van der Waals surface area (Å²) >= 11 is 0. The summed E-state index contributed by atoms with van der Waals surface area (Å²) in [5.74, 6) is 0.786. The molecule has 5 heterocycles. The molecule has 11 rings (SSSR count). The summed E-state index contributed by atoms with van der Waals surface area (Å²) < 4.78 is 23.6. The van der Waals surface area contributed by atoms with Crippen LogP contribution in [0.2, 0.25) is 0 Å². The topological polar surface area (TPSA) is 40.0 Å². The zero-order chi connectivity index (χ0) is 33.6. The van der Waals surface area contributed by atoms with Crippen molar-refractivity contribution >= 4 is 70.9 Å². The molecule has 0 spiro atoms. The second-order valence-electron chi connectivity index (χ2n) is 13.1. The quantitative estimate of drug-likeness (QED) is 0.177. The lowest BCUT2D eigenvalue weighted by atomic mass is 9.97. The lowest BCUT2D eigenvalue weighted by molar-refractivity contribution is 0.402. The van der Waals surface area contributed by atoms with Gasteiger partial charge in [-0.1, -0.05) is 91.0 Å². The third-order valence-corrected chi connectivity index (χ3v) is 10.4. The number of hydrogen-bond acceptors (Lipinski definition) is 2. The molecule has 0 fully saturated rings. The molecule has 0 amide bonds. The van der Waals surface area contributed by atoms with Gasteiger partial charge in [0, 0.05) is 56.6 Å². The molecule has 0 radical (unpaired) electrons. The molecule has 0 bridgehead atoms. The molecule has 1 atom stereocenters. The lowest BCUT2D eigenvalue weighted by Crippen LogP contribution is -1.99. The highest BCUT2D eigenvalue weighted by Gasteiger charge is 2.23. The Morgan fingerprint density at radius 2 is 1.18 bits per heavy atom. The van der Waals surface area contributed by atoms with Crippen molar-refractivity contribution in [2.45, 2.75) is 6.17 Å². The van der Waals surface area contributed by atoms with Crippen molar-refractivity contribution in [2.24, 2.45) is 0 Å². The van der Waals surface area contributed by atoms with Gasteiger partial charge >= 0.3 is 0 Å². The zero-order valence-corrected chi connectivity index (χ0v) is 27.3. The summed E-state index contributed by atoms with van der Waals surface area (Å²) in [6, 6.07) is 49.6. The molecule has 0 saturated carbocycles. The Labute approximate surface area is 291 Å². The summed E-state index contributed by atoms with van der Waals surface area (Å²) in [5.41, 5.74) is 8.38. The lowest BCUT2D eigenvalue weighted by Gasteiger charge is -2.14. The van der Waals surface area contributed by atoms with Crippen LogP contribution in [0.5, 0.6) is 0 Å².